The Bertz CT molecular complexity index is 1090. The molecule has 0 unspecified atom stereocenters. The summed E-state index contributed by atoms with van der Waals surface area (Å²) in [6.07, 6.45) is 0.0180. The SMILES string of the molecule is CC1(C)NC(=O)N(CCC(=O)Nc2cccc(-c3nc4ccccc4[nH]3)c2)C1=O. The standard InChI is InChI=1S/C21H21N5O3/c1-21(2)19(28)26(20(29)25-21)11-10-17(27)22-14-7-5-6-13(12-14)18-23-15-8-3-4-9-16(15)24-18/h3-9,12H,10-11H2,1-2H3,(H,22,27)(H,23,24)(H,25,29). The molecular weight excluding hydrogens is 370 g/mol. The molecule has 1 aliphatic heterocycles. The molecule has 8 heteroatoms. The normalized spacial score (nSPS) is 15.6. The maximum Gasteiger partial charge on any atom is 0.325 e. The van der Waals surface area contributed by atoms with Crippen LogP contribution < -0.4 is 10.6 Å². The number of para-hydroxylation sites is 2. The van der Waals surface area contributed by atoms with Crippen molar-refractivity contribution in [2.75, 3.05) is 11.9 Å². The minimum absolute atomic E-state index is 0.0180. The summed E-state index contributed by atoms with van der Waals surface area (Å²) in [4.78, 5) is 45.3. The number of hydrogen-bond donors (Lipinski definition) is 3. The molecule has 0 atom stereocenters. The predicted molar refractivity (Wildman–Crippen MR) is 109 cm³/mol. The molecule has 4 rings (SSSR count). The van der Waals surface area contributed by atoms with Gasteiger partial charge < -0.3 is 15.6 Å². The average Bonchev–Trinajstić information content (AvgIpc) is 3.19. The lowest BCUT2D eigenvalue weighted by atomic mass is 10.1. The van der Waals surface area contributed by atoms with Crippen LogP contribution in [-0.2, 0) is 9.59 Å². The number of carbonyl (C=O) groups excluding carboxylic acids is 3. The lowest BCUT2D eigenvalue weighted by Gasteiger charge is -2.15. The van der Waals surface area contributed by atoms with Crippen molar-refractivity contribution >= 4 is 34.6 Å². The smallest absolute Gasteiger partial charge is 0.325 e. The molecule has 0 aliphatic carbocycles. The third-order valence-electron chi connectivity index (χ3n) is 4.82. The number of carbonyl (C=O) groups is 3. The van der Waals surface area contributed by atoms with Crippen molar-refractivity contribution in [3.63, 3.8) is 0 Å². The number of aromatic nitrogens is 2. The van der Waals surface area contributed by atoms with Gasteiger partial charge in [-0.05, 0) is 38.1 Å². The Labute approximate surface area is 167 Å². The Morgan fingerprint density at radius 2 is 1.93 bits per heavy atom. The number of fused-ring (bicyclic) bond motifs is 1. The van der Waals surface area contributed by atoms with Crippen LogP contribution in [0.5, 0.6) is 0 Å². The molecule has 29 heavy (non-hydrogen) atoms. The number of nitrogens with zero attached hydrogens (tertiary/aromatic N) is 2. The first-order valence-corrected chi connectivity index (χ1v) is 9.33. The molecule has 1 aliphatic rings. The van der Waals surface area contributed by atoms with Crippen LogP contribution in [0.15, 0.2) is 48.5 Å². The van der Waals surface area contributed by atoms with Crippen molar-refractivity contribution in [2.45, 2.75) is 25.8 Å². The van der Waals surface area contributed by atoms with E-state index in [1.165, 1.54) is 0 Å². The molecule has 4 amide bonds. The molecule has 1 fully saturated rings. The van der Waals surface area contributed by atoms with Gasteiger partial charge in [0.05, 0.1) is 11.0 Å². The van der Waals surface area contributed by atoms with E-state index >= 15 is 0 Å². The second-order valence-electron chi connectivity index (χ2n) is 7.49. The van der Waals surface area contributed by atoms with Crippen LogP contribution in [-0.4, -0.2) is 44.8 Å². The molecular formula is C21H21N5O3. The number of imidazole rings is 1. The van der Waals surface area contributed by atoms with Gasteiger partial charge in [0.2, 0.25) is 5.91 Å². The zero-order chi connectivity index (χ0) is 20.6. The Kier molecular flexibility index (Phi) is 4.54. The summed E-state index contributed by atoms with van der Waals surface area (Å²) in [7, 11) is 0. The molecule has 0 bridgehead atoms. The number of H-pyrrole nitrogens is 1. The van der Waals surface area contributed by atoms with Gasteiger partial charge in [0.1, 0.15) is 11.4 Å². The van der Waals surface area contributed by atoms with Crippen LogP contribution in [0, 0.1) is 0 Å². The maximum absolute atomic E-state index is 12.3. The zero-order valence-electron chi connectivity index (χ0n) is 16.2. The van der Waals surface area contributed by atoms with Gasteiger partial charge >= 0.3 is 6.03 Å². The minimum Gasteiger partial charge on any atom is -0.338 e. The van der Waals surface area contributed by atoms with E-state index in [0.29, 0.717) is 11.5 Å². The summed E-state index contributed by atoms with van der Waals surface area (Å²) in [5.74, 6) is 0.100. The fourth-order valence-electron chi connectivity index (χ4n) is 3.29. The number of urea groups is 1. The second kappa shape index (κ2) is 7.05. The van der Waals surface area contributed by atoms with Crippen LogP contribution in [0.25, 0.3) is 22.4 Å². The average molecular weight is 391 g/mol. The summed E-state index contributed by atoms with van der Waals surface area (Å²) < 4.78 is 0. The van der Waals surface area contributed by atoms with E-state index in [9.17, 15) is 14.4 Å². The number of rotatable bonds is 5. The van der Waals surface area contributed by atoms with E-state index < -0.39 is 11.6 Å². The number of benzene rings is 2. The number of aromatic amines is 1. The van der Waals surface area contributed by atoms with Gasteiger partial charge in [0.25, 0.3) is 5.91 Å². The first kappa shape index (κ1) is 18.7. The van der Waals surface area contributed by atoms with Crippen LogP contribution >= 0.6 is 0 Å². The van der Waals surface area contributed by atoms with Crippen LogP contribution in [0.3, 0.4) is 0 Å². The van der Waals surface area contributed by atoms with Crippen LogP contribution in [0.4, 0.5) is 10.5 Å². The monoisotopic (exact) mass is 391 g/mol. The first-order valence-electron chi connectivity index (χ1n) is 9.33. The Morgan fingerprint density at radius 3 is 2.66 bits per heavy atom. The van der Waals surface area contributed by atoms with Gasteiger partial charge in [-0.1, -0.05) is 24.3 Å². The first-order chi connectivity index (χ1) is 13.8. The Hall–Kier alpha value is -3.68. The highest BCUT2D eigenvalue weighted by molar-refractivity contribution is 6.06. The third-order valence-corrected chi connectivity index (χ3v) is 4.82. The van der Waals surface area contributed by atoms with E-state index in [4.69, 9.17) is 0 Å². The van der Waals surface area contributed by atoms with Crippen molar-refractivity contribution in [3.8, 4) is 11.4 Å². The summed E-state index contributed by atoms with van der Waals surface area (Å²) in [5.41, 5.74) is 2.33. The largest absolute Gasteiger partial charge is 0.338 e. The van der Waals surface area contributed by atoms with E-state index in [-0.39, 0.29) is 24.8 Å². The highest BCUT2D eigenvalue weighted by atomic mass is 16.2. The van der Waals surface area contributed by atoms with Gasteiger partial charge in [-0.3, -0.25) is 14.5 Å². The molecule has 8 nitrogen and oxygen atoms in total. The van der Waals surface area contributed by atoms with Crippen molar-refractivity contribution in [1.82, 2.24) is 20.2 Å². The zero-order valence-corrected chi connectivity index (χ0v) is 16.2. The highest BCUT2D eigenvalue weighted by Gasteiger charge is 2.43. The Morgan fingerprint density at radius 1 is 1.14 bits per heavy atom. The maximum atomic E-state index is 12.3. The minimum atomic E-state index is -0.936. The molecule has 1 aromatic heterocycles. The van der Waals surface area contributed by atoms with E-state index in [2.05, 4.69) is 20.6 Å². The number of hydrogen-bond acceptors (Lipinski definition) is 4. The summed E-state index contributed by atoms with van der Waals surface area (Å²) in [5, 5.41) is 5.41. The fourth-order valence-corrected chi connectivity index (χ4v) is 3.29. The fraction of sp³-hybridized carbons (Fsp3) is 0.238. The number of imide groups is 1. The van der Waals surface area contributed by atoms with Crippen molar-refractivity contribution in [1.29, 1.82) is 0 Å². The molecule has 2 heterocycles. The van der Waals surface area contributed by atoms with Crippen molar-refractivity contribution in [3.05, 3.63) is 48.5 Å². The van der Waals surface area contributed by atoms with Gasteiger partial charge in [0.15, 0.2) is 0 Å². The van der Waals surface area contributed by atoms with Crippen molar-refractivity contribution in [2.24, 2.45) is 0 Å². The number of amides is 4. The number of anilines is 1. The summed E-state index contributed by atoms with van der Waals surface area (Å²) >= 11 is 0. The number of nitrogens with one attached hydrogen (secondary N) is 3. The molecule has 3 aromatic rings. The van der Waals surface area contributed by atoms with Crippen LogP contribution in [0.2, 0.25) is 0 Å². The molecule has 148 valence electrons. The van der Waals surface area contributed by atoms with Crippen LogP contribution in [0.1, 0.15) is 20.3 Å². The predicted octanol–water partition coefficient (Wildman–Crippen LogP) is 2.89. The highest BCUT2D eigenvalue weighted by Crippen LogP contribution is 2.23. The van der Waals surface area contributed by atoms with Gasteiger partial charge in [-0.15, -0.1) is 0 Å². The molecule has 2 aromatic carbocycles. The lowest BCUT2D eigenvalue weighted by Crippen LogP contribution is -2.40. The van der Waals surface area contributed by atoms with E-state index in [0.717, 1.165) is 21.5 Å². The molecule has 1 saturated heterocycles. The second-order valence-corrected chi connectivity index (χ2v) is 7.49. The lowest BCUT2D eigenvalue weighted by molar-refractivity contribution is -0.130. The Balaban J connectivity index is 1.42. The van der Waals surface area contributed by atoms with Gasteiger partial charge in [0, 0.05) is 24.2 Å². The quantitative estimate of drug-likeness (QED) is 0.581. The topological polar surface area (TPSA) is 107 Å². The van der Waals surface area contributed by atoms with Gasteiger partial charge in [-0.25, -0.2) is 9.78 Å². The molecule has 0 radical (unpaired) electrons. The van der Waals surface area contributed by atoms with Gasteiger partial charge in [-0.2, -0.15) is 0 Å². The summed E-state index contributed by atoms with van der Waals surface area (Å²) in [6.45, 7) is 3.30. The molecule has 3 N–H and O–H groups in total. The molecule has 0 saturated carbocycles. The van der Waals surface area contributed by atoms with Crippen molar-refractivity contribution < 1.29 is 14.4 Å². The summed E-state index contributed by atoms with van der Waals surface area (Å²) in [6, 6.07) is 14.6. The molecule has 0 spiro atoms. The third kappa shape index (κ3) is 3.69. The van der Waals surface area contributed by atoms with E-state index in [1.54, 1.807) is 19.9 Å². The van der Waals surface area contributed by atoms with E-state index in [1.807, 2.05) is 42.5 Å².